The SMILES string of the molecule is CN(C)CCNc1cc(F)cc(-c2ccnc3nc(-c4n[nH]c5ccc(-c6cncc(NC(=O)C7CCC7)c6)nc45)[nH]c23)c1. The van der Waals surface area contributed by atoms with Gasteiger partial charge < -0.3 is 20.5 Å². The van der Waals surface area contributed by atoms with E-state index in [0.717, 1.165) is 42.5 Å². The predicted molar refractivity (Wildman–Crippen MR) is 168 cm³/mol. The van der Waals surface area contributed by atoms with Gasteiger partial charge in [0.2, 0.25) is 5.91 Å². The van der Waals surface area contributed by atoms with E-state index in [1.807, 2.05) is 44.4 Å². The number of imidazole rings is 1. The summed E-state index contributed by atoms with van der Waals surface area (Å²) in [6.07, 6.45) is 7.97. The number of hydrogen-bond acceptors (Lipinski definition) is 8. The summed E-state index contributed by atoms with van der Waals surface area (Å²) in [5, 5.41) is 13.8. The second-order valence-corrected chi connectivity index (χ2v) is 11.3. The molecular formula is C32H31FN10O. The number of benzene rings is 1. The Labute approximate surface area is 252 Å². The number of rotatable bonds is 9. The summed E-state index contributed by atoms with van der Waals surface area (Å²) in [6, 6.07) is 12.4. The molecule has 11 nitrogen and oxygen atoms in total. The van der Waals surface area contributed by atoms with E-state index < -0.39 is 0 Å². The first-order valence-corrected chi connectivity index (χ1v) is 14.6. The van der Waals surface area contributed by atoms with Crippen LogP contribution < -0.4 is 10.6 Å². The van der Waals surface area contributed by atoms with Crippen LogP contribution in [0.3, 0.4) is 0 Å². The summed E-state index contributed by atoms with van der Waals surface area (Å²) in [7, 11) is 3.99. The normalized spacial score (nSPS) is 13.5. The van der Waals surface area contributed by atoms with Gasteiger partial charge in [-0.1, -0.05) is 6.42 Å². The quantitative estimate of drug-likeness (QED) is 0.174. The lowest BCUT2D eigenvalue weighted by molar-refractivity contribution is -0.122. The molecule has 0 saturated heterocycles. The number of anilines is 2. The van der Waals surface area contributed by atoms with E-state index in [-0.39, 0.29) is 17.6 Å². The number of amides is 1. The number of carbonyl (C=O) groups is 1. The third kappa shape index (κ3) is 5.47. The molecule has 0 atom stereocenters. The van der Waals surface area contributed by atoms with Crippen molar-refractivity contribution in [3.8, 4) is 33.9 Å². The molecule has 5 heterocycles. The number of pyridine rings is 3. The molecule has 12 heteroatoms. The van der Waals surface area contributed by atoms with Crippen molar-refractivity contribution in [3.05, 3.63) is 66.9 Å². The highest BCUT2D eigenvalue weighted by molar-refractivity contribution is 5.96. The largest absolute Gasteiger partial charge is 0.384 e. The van der Waals surface area contributed by atoms with Gasteiger partial charge in [0.15, 0.2) is 17.2 Å². The predicted octanol–water partition coefficient (Wildman–Crippen LogP) is 5.48. The maximum atomic E-state index is 14.7. The van der Waals surface area contributed by atoms with Crippen LogP contribution in [0.4, 0.5) is 15.8 Å². The molecule has 1 fully saturated rings. The molecule has 1 amide bonds. The highest BCUT2D eigenvalue weighted by Crippen LogP contribution is 2.33. The smallest absolute Gasteiger partial charge is 0.227 e. The standard InChI is InChI=1S/C32H31FN10O/c1-43(2)11-10-35-22-13-19(12-21(33)15-22)24-8-9-36-30-27(24)39-31(40-30)29-28-26(41-42-29)7-6-25(38-28)20-14-23(17-34-16-20)37-32(44)18-4-3-5-18/h6-9,12-18,35H,3-5,10-11H2,1-2H3,(H,37,44)(H,41,42)(H,36,39,40). The lowest BCUT2D eigenvalue weighted by Gasteiger charge is -2.24. The molecule has 5 aromatic heterocycles. The van der Waals surface area contributed by atoms with Crippen LogP contribution in [0.2, 0.25) is 0 Å². The summed E-state index contributed by atoms with van der Waals surface area (Å²) < 4.78 is 14.7. The first kappa shape index (κ1) is 27.6. The van der Waals surface area contributed by atoms with Crippen LogP contribution in [0.25, 0.3) is 56.1 Å². The molecular weight excluding hydrogens is 559 g/mol. The maximum absolute atomic E-state index is 14.7. The van der Waals surface area contributed by atoms with Crippen molar-refractivity contribution >= 4 is 39.5 Å². The Morgan fingerprint density at radius 3 is 2.73 bits per heavy atom. The number of nitrogens with zero attached hydrogens (tertiary/aromatic N) is 6. The van der Waals surface area contributed by atoms with Gasteiger partial charge in [-0.2, -0.15) is 5.10 Å². The fourth-order valence-electron chi connectivity index (χ4n) is 5.32. The Bertz CT molecular complexity index is 1990. The fraction of sp³-hybridized carbons (Fsp3) is 0.250. The van der Waals surface area contributed by atoms with Gasteiger partial charge in [0.05, 0.1) is 28.6 Å². The molecule has 222 valence electrons. The van der Waals surface area contributed by atoms with Crippen LogP contribution in [0.1, 0.15) is 19.3 Å². The summed E-state index contributed by atoms with van der Waals surface area (Å²) in [5.74, 6) is 0.253. The second kappa shape index (κ2) is 11.5. The van der Waals surface area contributed by atoms with Crippen molar-refractivity contribution in [1.82, 2.24) is 40.0 Å². The van der Waals surface area contributed by atoms with Crippen molar-refractivity contribution < 1.29 is 9.18 Å². The Morgan fingerprint density at radius 2 is 1.91 bits per heavy atom. The number of fused-ring (bicyclic) bond motifs is 2. The van der Waals surface area contributed by atoms with Crippen LogP contribution in [0.15, 0.2) is 61.1 Å². The molecule has 0 spiro atoms. The monoisotopic (exact) mass is 590 g/mol. The Kier molecular flexibility index (Phi) is 7.18. The molecule has 1 aromatic carbocycles. The maximum Gasteiger partial charge on any atom is 0.227 e. The van der Waals surface area contributed by atoms with Gasteiger partial charge in [0.25, 0.3) is 0 Å². The Balaban J connectivity index is 1.21. The zero-order valence-corrected chi connectivity index (χ0v) is 24.4. The molecule has 7 rings (SSSR count). The third-order valence-corrected chi connectivity index (χ3v) is 7.90. The van der Waals surface area contributed by atoms with Crippen molar-refractivity contribution in [2.24, 2.45) is 5.92 Å². The van der Waals surface area contributed by atoms with Crippen LogP contribution in [-0.2, 0) is 4.79 Å². The van der Waals surface area contributed by atoms with E-state index in [4.69, 9.17) is 9.97 Å². The van der Waals surface area contributed by atoms with E-state index >= 15 is 0 Å². The van der Waals surface area contributed by atoms with E-state index in [1.54, 1.807) is 18.6 Å². The van der Waals surface area contributed by atoms with E-state index in [9.17, 15) is 9.18 Å². The van der Waals surface area contributed by atoms with Crippen molar-refractivity contribution in [1.29, 1.82) is 0 Å². The zero-order valence-electron chi connectivity index (χ0n) is 24.4. The van der Waals surface area contributed by atoms with Gasteiger partial charge in [-0.3, -0.25) is 14.9 Å². The molecule has 4 N–H and O–H groups in total. The number of H-pyrrole nitrogens is 2. The summed E-state index contributed by atoms with van der Waals surface area (Å²) in [5.41, 5.74) is 7.27. The molecule has 1 saturated carbocycles. The average molecular weight is 591 g/mol. The highest BCUT2D eigenvalue weighted by Gasteiger charge is 2.25. The number of likely N-dealkylation sites (N-methyl/N-ethyl adjacent to an activating group) is 1. The molecule has 44 heavy (non-hydrogen) atoms. The van der Waals surface area contributed by atoms with Gasteiger partial charge >= 0.3 is 0 Å². The van der Waals surface area contributed by atoms with E-state index in [2.05, 4.69) is 40.7 Å². The van der Waals surface area contributed by atoms with Crippen LogP contribution in [-0.4, -0.2) is 73.1 Å². The molecule has 1 aliphatic rings. The number of hydrogen-bond donors (Lipinski definition) is 4. The minimum Gasteiger partial charge on any atom is -0.384 e. The first-order chi connectivity index (χ1) is 21.4. The molecule has 0 radical (unpaired) electrons. The summed E-state index contributed by atoms with van der Waals surface area (Å²) >= 11 is 0. The third-order valence-electron chi connectivity index (χ3n) is 7.90. The van der Waals surface area contributed by atoms with Crippen molar-refractivity contribution in [2.75, 3.05) is 37.8 Å². The lowest BCUT2D eigenvalue weighted by Crippen LogP contribution is -2.28. The second-order valence-electron chi connectivity index (χ2n) is 11.3. The molecule has 0 aliphatic heterocycles. The highest BCUT2D eigenvalue weighted by atomic mass is 19.1. The molecule has 0 bridgehead atoms. The van der Waals surface area contributed by atoms with Crippen LogP contribution >= 0.6 is 0 Å². The minimum absolute atomic E-state index is 0.0312. The Morgan fingerprint density at radius 1 is 1.05 bits per heavy atom. The number of carbonyl (C=O) groups excluding carboxylic acids is 1. The van der Waals surface area contributed by atoms with Gasteiger partial charge in [0, 0.05) is 48.2 Å². The molecule has 6 aromatic rings. The first-order valence-electron chi connectivity index (χ1n) is 14.6. The van der Waals surface area contributed by atoms with E-state index in [1.165, 1.54) is 12.1 Å². The minimum atomic E-state index is -0.337. The number of aromatic amines is 2. The van der Waals surface area contributed by atoms with Gasteiger partial charge in [-0.15, -0.1) is 0 Å². The average Bonchev–Trinajstić information content (AvgIpc) is 3.59. The van der Waals surface area contributed by atoms with Crippen LogP contribution in [0.5, 0.6) is 0 Å². The zero-order chi connectivity index (χ0) is 30.2. The number of aromatic nitrogens is 7. The fourth-order valence-corrected chi connectivity index (χ4v) is 5.32. The van der Waals surface area contributed by atoms with Gasteiger partial charge in [-0.25, -0.2) is 19.3 Å². The number of halogens is 1. The summed E-state index contributed by atoms with van der Waals surface area (Å²) in [6.45, 7) is 1.51. The van der Waals surface area contributed by atoms with Crippen molar-refractivity contribution in [3.63, 3.8) is 0 Å². The van der Waals surface area contributed by atoms with Gasteiger partial charge in [0.1, 0.15) is 11.3 Å². The van der Waals surface area contributed by atoms with Gasteiger partial charge in [-0.05, 0) is 75.0 Å². The molecule has 1 aliphatic carbocycles. The van der Waals surface area contributed by atoms with Crippen molar-refractivity contribution in [2.45, 2.75) is 19.3 Å². The topological polar surface area (TPSA) is 140 Å². The number of nitrogens with one attached hydrogen (secondary N) is 4. The Hall–Kier alpha value is -5.23. The summed E-state index contributed by atoms with van der Waals surface area (Å²) in [4.78, 5) is 36.3. The molecule has 0 unspecified atom stereocenters. The van der Waals surface area contributed by atoms with Crippen LogP contribution in [0, 0.1) is 11.7 Å². The van der Waals surface area contributed by atoms with E-state index in [0.29, 0.717) is 57.4 Å². The lowest BCUT2D eigenvalue weighted by atomic mass is 9.85.